The largest absolute Gasteiger partial charge is 0.353 e. The quantitative estimate of drug-likeness (QED) is 0.712. The zero-order valence-corrected chi connectivity index (χ0v) is 16.1. The summed E-state index contributed by atoms with van der Waals surface area (Å²) in [5.74, 6) is -0.129. The molecule has 1 aromatic heterocycles. The number of amides is 2. The summed E-state index contributed by atoms with van der Waals surface area (Å²) in [7, 11) is 0. The predicted octanol–water partition coefficient (Wildman–Crippen LogP) is 3.93. The normalized spacial score (nSPS) is 13.4. The first-order chi connectivity index (χ1) is 13.5. The Morgan fingerprint density at radius 2 is 1.79 bits per heavy atom. The van der Waals surface area contributed by atoms with E-state index in [9.17, 15) is 9.59 Å². The number of aromatic nitrogens is 1. The smallest absolute Gasteiger partial charge is 0.255 e. The van der Waals surface area contributed by atoms with E-state index in [-0.39, 0.29) is 11.8 Å². The molecule has 1 saturated carbocycles. The van der Waals surface area contributed by atoms with E-state index < -0.39 is 0 Å². The summed E-state index contributed by atoms with van der Waals surface area (Å²) in [6, 6.07) is 15.4. The van der Waals surface area contributed by atoms with Crippen molar-refractivity contribution < 1.29 is 9.59 Å². The number of hydrogen-bond donors (Lipinski definition) is 2. The first-order valence-corrected chi connectivity index (χ1v) is 9.55. The molecular weight excluding hydrogens is 350 g/mol. The number of benzene rings is 2. The second kappa shape index (κ2) is 7.43. The van der Waals surface area contributed by atoms with Crippen molar-refractivity contribution >= 4 is 28.4 Å². The van der Waals surface area contributed by atoms with Crippen molar-refractivity contribution in [3.05, 3.63) is 70.9 Å². The number of nitrogens with zero attached hydrogens (tertiary/aromatic N) is 1. The van der Waals surface area contributed by atoms with Crippen LogP contribution in [-0.2, 0) is 11.2 Å². The fraction of sp³-hybridized carbons (Fsp3) is 0.261. The number of nitrogens with one attached hydrogen (secondary N) is 2. The molecule has 1 aliphatic rings. The molecule has 0 atom stereocenters. The molecule has 0 bridgehead atoms. The first-order valence-electron chi connectivity index (χ1n) is 9.55. The van der Waals surface area contributed by atoms with Crippen molar-refractivity contribution in [2.24, 2.45) is 0 Å². The van der Waals surface area contributed by atoms with E-state index in [1.54, 1.807) is 0 Å². The van der Waals surface area contributed by atoms with Gasteiger partial charge < -0.3 is 10.6 Å². The van der Waals surface area contributed by atoms with E-state index in [4.69, 9.17) is 0 Å². The van der Waals surface area contributed by atoms with Crippen molar-refractivity contribution in [1.29, 1.82) is 0 Å². The molecule has 5 heteroatoms. The zero-order chi connectivity index (χ0) is 19.7. The Balaban J connectivity index is 1.44. The van der Waals surface area contributed by atoms with E-state index in [0.29, 0.717) is 23.7 Å². The number of aryl methyl sites for hydroxylation is 2. The second-order valence-corrected chi connectivity index (χ2v) is 7.48. The van der Waals surface area contributed by atoms with Crippen molar-refractivity contribution in [1.82, 2.24) is 10.3 Å². The van der Waals surface area contributed by atoms with Gasteiger partial charge in [-0.1, -0.05) is 18.2 Å². The lowest BCUT2D eigenvalue weighted by atomic mass is 10.1. The molecule has 2 amide bonds. The lowest BCUT2D eigenvalue weighted by molar-refractivity contribution is -0.120. The fourth-order valence-corrected chi connectivity index (χ4v) is 3.31. The van der Waals surface area contributed by atoms with Crippen LogP contribution in [0.25, 0.3) is 10.9 Å². The van der Waals surface area contributed by atoms with E-state index in [1.807, 2.05) is 62.4 Å². The summed E-state index contributed by atoms with van der Waals surface area (Å²) in [4.78, 5) is 29.0. The number of carbonyl (C=O) groups is 2. The molecule has 1 fully saturated rings. The molecule has 0 spiro atoms. The van der Waals surface area contributed by atoms with Crippen molar-refractivity contribution in [3.63, 3.8) is 0 Å². The lowest BCUT2D eigenvalue weighted by Gasteiger charge is -2.09. The molecule has 4 rings (SSSR count). The van der Waals surface area contributed by atoms with Gasteiger partial charge in [-0.05, 0) is 68.1 Å². The van der Waals surface area contributed by atoms with Crippen LogP contribution in [0.2, 0.25) is 0 Å². The minimum absolute atomic E-state index is 0.0496. The maximum Gasteiger partial charge on any atom is 0.255 e. The first kappa shape index (κ1) is 18.2. The number of anilines is 1. The molecule has 0 unspecified atom stereocenters. The van der Waals surface area contributed by atoms with Gasteiger partial charge in [0.15, 0.2) is 0 Å². The molecule has 2 aromatic carbocycles. The van der Waals surface area contributed by atoms with Gasteiger partial charge in [0.2, 0.25) is 5.91 Å². The van der Waals surface area contributed by atoms with Gasteiger partial charge in [-0.3, -0.25) is 14.6 Å². The topological polar surface area (TPSA) is 71.1 Å². The Labute approximate surface area is 164 Å². The number of carbonyl (C=O) groups excluding carboxylic acids is 2. The molecule has 5 nitrogen and oxygen atoms in total. The molecule has 142 valence electrons. The maximum atomic E-state index is 12.6. The van der Waals surface area contributed by atoms with Crippen LogP contribution in [0.5, 0.6) is 0 Å². The van der Waals surface area contributed by atoms with Crippen LogP contribution in [-0.4, -0.2) is 22.8 Å². The second-order valence-electron chi connectivity index (χ2n) is 7.48. The average molecular weight is 373 g/mol. The summed E-state index contributed by atoms with van der Waals surface area (Å²) in [5.41, 5.74) is 5.10. The van der Waals surface area contributed by atoms with Gasteiger partial charge in [0.25, 0.3) is 5.91 Å². The third-order valence-electron chi connectivity index (χ3n) is 4.93. The van der Waals surface area contributed by atoms with Crippen LogP contribution in [0.15, 0.2) is 48.5 Å². The molecule has 28 heavy (non-hydrogen) atoms. The minimum Gasteiger partial charge on any atom is -0.353 e. The Morgan fingerprint density at radius 1 is 1.04 bits per heavy atom. The summed E-state index contributed by atoms with van der Waals surface area (Å²) in [5, 5.41) is 6.94. The molecule has 0 saturated heterocycles. The summed E-state index contributed by atoms with van der Waals surface area (Å²) in [6.45, 7) is 3.99. The number of rotatable bonds is 5. The zero-order valence-electron chi connectivity index (χ0n) is 16.1. The number of hydrogen-bond acceptors (Lipinski definition) is 3. The lowest BCUT2D eigenvalue weighted by Crippen LogP contribution is -2.26. The van der Waals surface area contributed by atoms with Crippen LogP contribution in [0.4, 0.5) is 5.69 Å². The molecular formula is C23H23N3O2. The third kappa shape index (κ3) is 4.19. The third-order valence-corrected chi connectivity index (χ3v) is 4.93. The Bertz CT molecular complexity index is 1050. The van der Waals surface area contributed by atoms with Crippen LogP contribution in [0.1, 0.15) is 40.0 Å². The van der Waals surface area contributed by atoms with Crippen LogP contribution < -0.4 is 10.6 Å². The minimum atomic E-state index is -0.179. The molecule has 3 aromatic rings. The van der Waals surface area contributed by atoms with Crippen molar-refractivity contribution in [2.45, 2.75) is 39.2 Å². The van der Waals surface area contributed by atoms with Gasteiger partial charge in [-0.15, -0.1) is 0 Å². The van der Waals surface area contributed by atoms with Crippen molar-refractivity contribution in [2.75, 3.05) is 5.32 Å². The molecule has 1 heterocycles. The van der Waals surface area contributed by atoms with Gasteiger partial charge in [0, 0.05) is 28.4 Å². The highest BCUT2D eigenvalue weighted by Crippen LogP contribution is 2.21. The van der Waals surface area contributed by atoms with Gasteiger partial charge in [-0.2, -0.15) is 0 Å². The molecule has 2 N–H and O–H groups in total. The van der Waals surface area contributed by atoms with Crippen LogP contribution in [0, 0.1) is 13.8 Å². The van der Waals surface area contributed by atoms with Gasteiger partial charge in [0.05, 0.1) is 11.9 Å². The van der Waals surface area contributed by atoms with E-state index >= 15 is 0 Å². The van der Waals surface area contributed by atoms with Gasteiger partial charge in [-0.25, -0.2) is 0 Å². The Kier molecular flexibility index (Phi) is 4.82. The van der Waals surface area contributed by atoms with Gasteiger partial charge in [0.1, 0.15) is 0 Å². The summed E-state index contributed by atoms with van der Waals surface area (Å²) < 4.78 is 0. The van der Waals surface area contributed by atoms with Crippen LogP contribution >= 0.6 is 0 Å². The average Bonchev–Trinajstić information content (AvgIpc) is 3.46. The predicted molar refractivity (Wildman–Crippen MR) is 110 cm³/mol. The Morgan fingerprint density at radius 3 is 2.50 bits per heavy atom. The highest BCUT2D eigenvalue weighted by Gasteiger charge is 2.23. The molecule has 1 aliphatic carbocycles. The monoisotopic (exact) mass is 373 g/mol. The standard InChI is InChI=1S/C23H23N3O2/c1-14-11-15(2)24-21-13-17(5-10-20(14)21)23(28)26-19-6-3-16(4-7-19)12-22(27)25-18-8-9-18/h3-7,10-11,13,18H,8-9,12H2,1-2H3,(H,25,27)(H,26,28). The Hall–Kier alpha value is -3.21. The molecule has 0 radical (unpaired) electrons. The van der Waals surface area contributed by atoms with Crippen molar-refractivity contribution in [3.8, 4) is 0 Å². The van der Waals surface area contributed by atoms with E-state index in [2.05, 4.69) is 15.6 Å². The molecule has 0 aliphatic heterocycles. The van der Waals surface area contributed by atoms with E-state index in [1.165, 1.54) is 0 Å². The SMILES string of the molecule is Cc1cc(C)c2ccc(C(=O)Nc3ccc(CC(=O)NC4CC4)cc3)cc2n1. The highest BCUT2D eigenvalue weighted by molar-refractivity contribution is 6.06. The summed E-state index contributed by atoms with van der Waals surface area (Å²) in [6.07, 6.45) is 2.53. The maximum absolute atomic E-state index is 12.6. The van der Waals surface area contributed by atoms with E-state index in [0.717, 1.165) is 40.6 Å². The van der Waals surface area contributed by atoms with Gasteiger partial charge >= 0.3 is 0 Å². The van der Waals surface area contributed by atoms with Crippen LogP contribution in [0.3, 0.4) is 0 Å². The number of pyridine rings is 1. The highest BCUT2D eigenvalue weighted by atomic mass is 16.2. The number of fused-ring (bicyclic) bond motifs is 1. The fourth-order valence-electron chi connectivity index (χ4n) is 3.31. The summed E-state index contributed by atoms with van der Waals surface area (Å²) >= 11 is 0.